The minimum atomic E-state index is -0.767. The maximum absolute atomic E-state index is 11.2. The second-order valence-corrected chi connectivity index (χ2v) is 5.31. The molecule has 0 spiro atoms. The highest BCUT2D eigenvalue weighted by Crippen LogP contribution is 2.30. The topological polar surface area (TPSA) is 54.6 Å². The lowest BCUT2D eigenvalue weighted by atomic mass is 9.95. The van der Waals surface area contributed by atoms with E-state index in [-0.39, 0.29) is 5.92 Å². The summed E-state index contributed by atoms with van der Waals surface area (Å²) in [5.74, 6) is -1.12. The normalized spacial score (nSPS) is 13.5. The summed E-state index contributed by atoms with van der Waals surface area (Å²) in [6.07, 6.45) is 3.79. The van der Waals surface area contributed by atoms with Gasteiger partial charge in [-0.15, -0.1) is 11.3 Å². The summed E-state index contributed by atoms with van der Waals surface area (Å²) < 4.78 is 1.90. The molecule has 86 valence electrons. The summed E-state index contributed by atoms with van der Waals surface area (Å²) in [5.41, 5.74) is 0.953. The first kappa shape index (κ1) is 11.1. The van der Waals surface area contributed by atoms with E-state index in [1.54, 1.807) is 0 Å². The Balaban J connectivity index is 2.45. The van der Waals surface area contributed by atoms with Gasteiger partial charge in [0.15, 0.2) is 4.96 Å². The van der Waals surface area contributed by atoms with Gasteiger partial charge in [-0.3, -0.25) is 9.20 Å². The molecule has 2 rings (SSSR count). The molecular formula is C11H14N2O2S. The number of carboxylic acids is 1. The first-order valence-corrected chi connectivity index (χ1v) is 5.98. The Bertz CT molecular complexity index is 496. The maximum atomic E-state index is 11.2. The summed E-state index contributed by atoms with van der Waals surface area (Å²) in [6.45, 7) is 5.77. The lowest BCUT2D eigenvalue weighted by Gasteiger charge is -2.13. The average Bonchev–Trinajstić information content (AvgIpc) is 2.59. The third-order valence-corrected chi connectivity index (χ3v) is 3.61. The molecule has 2 heterocycles. The Labute approximate surface area is 97.6 Å². The summed E-state index contributed by atoms with van der Waals surface area (Å²) >= 11 is 1.45. The van der Waals surface area contributed by atoms with Crippen molar-refractivity contribution in [1.29, 1.82) is 0 Å². The first-order valence-electron chi connectivity index (χ1n) is 5.17. The second-order valence-electron chi connectivity index (χ2n) is 4.27. The van der Waals surface area contributed by atoms with Crippen LogP contribution in [0.25, 0.3) is 4.96 Å². The van der Waals surface area contributed by atoms with Crippen LogP contribution in [0.5, 0.6) is 0 Å². The molecule has 0 aliphatic rings. The van der Waals surface area contributed by atoms with E-state index in [9.17, 15) is 9.90 Å². The molecule has 0 amide bonds. The SMILES string of the molecule is Cc1cn2cc(C(C(=O)O)C(C)C)sc2n1. The van der Waals surface area contributed by atoms with Crippen LogP contribution in [0, 0.1) is 12.8 Å². The fourth-order valence-electron chi connectivity index (χ4n) is 1.81. The van der Waals surface area contributed by atoms with Crippen molar-refractivity contribution in [1.82, 2.24) is 9.38 Å². The van der Waals surface area contributed by atoms with Crippen LogP contribution in [-0.2, 0) is 4.79 Å². The molecule has 5 heteroatoms. The molecule has 1 atom stereocenters. The third kappa shape index (κ3) is 1.82. The van der Waals surface area contributed by atoms with Gasteiger partial charge in [0.25, 0.3) is 0 Å². The zero-order valence-electron chi connectivity index (χ0n) is 9.47. The van der Waals surface area contributed by atoms with E-state index in [1.165, 1.54) is 11.3 Å². The maximum Gasteiger partial charge on any atom is 0.312 e. The van der Waals surface area contributed by atoms with E-state index >= 15 is 0 Å². The van der Waals surface area contributed by atoms with Gasteiger partial charge in [0, 0.05) is 17.3 Å². The quantitative estimate of drug-likeness (QED) is 0.894. The molecule has 0 aromatic carbocycles. The van der Waals surface area contributed by atoms with E-state index in [2.05, 4.69) is 4.98 Å². The molecule has 0 fully saturated rings. The molecule has 1 N–H and O–H groups in total. The lowest BCUT2D eigenvalue weighted by Crippen LogP contribution is -2.16. The van der Waals surface area contributed by atoms with Crippen molar-refractivity contribution in [2.24, 2.45) is 5.92 Å². The number of carboxylic acid groups (broad SMARTS) is 1. The highest BCUT2D eigenvalue weighted by atomic mass is 32.1. The zero-order chi connectivity index (χ0) is 11.9. The first-order chi connectivity index (χ1) is 7.49. The van der Waals surface area contributed by atoms with Gasteiger partial charge in [-0.05, 0) is 12.8 Å². The highest BCUT2D eigenvalue weighted by Gasteiger charge is 2.26. The molecular weight excluding hydrogens is 224 g/mol. The molecule has 0 saturated carbocycles. The number of rotatable bonds is 3. The second kappa shape index (κ2) is 3.90. The summed E-state index contributed by atoms with van der Waals surface area (Å²) in [4.78, 5) is 17.2. The van der Waals surface area contributed by atoms with E-state index in [0.717, 1.165) is 15.5 Å². The summed E-state index contributed by atoms with van der Waals surface area (Å²) in [5, 5.41) is 9.19. The van der Waals surface area contributed by atoms with Crippen LogP contribution in [-0.4, -0.2) is 20.5 Å². The molecule has 2 aromatic rings. The van der Waals surface area contributed by atoms with E-state index < -0.39 is 11.9 Å². The number of hydrogen-bond acceptors (Lipinski definition) is 3. The standard InChI is InChI=1S/C11H14N2O2S/c1-6(2)9(10(14)15)8-5-13-4-7(3)12-11(13)16-8/h4-6,9H,1-3H3,(H,14,15). The predicted molar refractivity (Wildman–Crippen MR) is 63.0 cm³/mol. The Morgan fingerprint density at radius 1 is 1.50 bits per heavy atom. The van der Waals surface area contributed by atoms with Crippen molar-refractivity contribution in [2.75, 3.05) is 0 Å². The number of fused-ring (bicyclic) bond motifs is 1. The molecule has 0 saturated heterocycles. The van der Waals surface area contributed by atoms with Gasteiger partial charge in [-0.2, -0.15) is 0 Å². The zero-order valence-corrected chi connectivity index (χ0v) is 10.3. The Kier molecular flexibility index (Phi) is 2.71. The molecule has 1 unspecified atom stereocenters. The van der Waals surface area contributed by atoms with E-state index in [0.29, 0.717) is 0 Å². The van der Waals surface area contributed by atoms with Crippen molar-refractivity contribution in [3.63, 3.8) is 0 Å². The van der Waals surface area contributed by atoms with Crippen LogP contribution in [0.4, 0.5) is 0 Å². The van der Waals surface area contributed by atoms with Crippen molar-refractivity contribution < 1.29 is 9.90 Å². The van der Waals surface area contributed by atoms with Gasteiger partial charge in [0.05, 0.1) is 11.6 Å². The van der Waals surface area contributed by atoms with Gasteiger partial charge in [0.1, 0.15) is 0 Å². The monoisotopic (exact) mass is 238 g/mol. The van der Waals surface area contributed by atoms with Crippen LogP contribution in [0.15, 0.2) is 12.4 Å². The number of aliphatic carboxylic acids is 1. The van der Waals surface area contributed by atoms with Crippen LogP contribution in [0.3, 0.4) is 0 Å². The number of thiazole rings is 1. The number of aryl methyl sites for hydroxylation is 1. The van der Waals surface area contributed by atoms with Gasteiger partial charge >= 0.3 is 5.97 Å². The number of imidazole rings is 1. The molecule has 16 heavy (non-hydrogen) atoms. The highest BCUT2D eigenvalue weighted by molar-refractivity contribution is 7.17. The van der Waals surface area contributed by atoms with Crippen LogP contribution >= 0.6 is 11.3 Å². The van der Waals surface area contributed by atoms with E-state index in [1.807, 2.05) is 37.6 Å². The van der Waals surface area contributed by atoms with Gasteiger partial charge in [-0.1, -0.05) is 13.8 Å². The molecule has 0 radical (unpaired) electrons. The van der Waals surface area contributed by atoms with Crippen molar-refractivity contribution in [2.45, 2.75) is 26.7 Å². The number of nitrogens with zero attached hydrogens (tertiary/aromatic N) is 2. The third-order valence-electron chi connectivity index (χ3n) is 2.53. The van der Waals surface area contributed by atoms with Crippen molar-refractivity contribution in [3.8, 4) is 0 Å². The number of hydrogen-bond donors (Lipinski definition) is 1. The molecule has 0 aliphatic carbocycles. The smallest absolute Gasteiger partial charge is 0.312 e. The largest absolute Gasteiger partial charge is 0.481 e. The van der Waals surface area contributed by atoms with Gasteiger partial charge in [0.2, 0.25) is 0 Å². The minimum Gasteiger partial charge on any atom is -0.481 e. The minimum absolute atomic E-state index is 0.0851. The lowest BCUT2D eigenvalue weighted by molar-refractivity contribution is -0.139. The number of carbonyl (C=O) groups is 1. The van der Waals surface area contributed by atoms with Gasteiger partial charge < -0.3 is 5.11 Å². The van der Waals surface area contributed by atoms with Crippen molar-refractivity contribution in [3.05, 3.63) is 23.0 Å². The Morgan fingerprint density at radius 2 is 2.19 bits per heavy atom. The van der Waals surface area contributed by atoms with Gasteiger partial charge in [-0.25, -0.2) is 4.98 Å². The molecule has 2 aromatic heterocycles. The summed E-state index contributed by atoms with van der Waals surface area (Å²) in [6, 6.07) is 0. The number of aromatic nitrogens is 2. The fraction of sp³-hybridized carbons (Fsp3) is 0.455. The molecule has 0 bridgehead atoms. The van der Waals surface area contributed by atoms with E-state index in [4.69, 9.17) is 0 Å². The fourth-order valence-corrected chi connectivity index (χ4v) is 3.09. The molecule has 4 nitrogen and oxygen atoms in total. The Morgan fingerprint density at radius 3 is 2.69 bits per heavy atom. The average molecular weight is 238 g/mol. The Hall–Kier alpha value is -1.36. The van der Waals surface area contributed by atoms with Crippen LogP contribution in [0.2, 0.25) is 0 Å². The summed E-state index contributed by atoms with van der Waals surface area (Å²) in [7, 11) is 0. The predicted octanol–water partition coefficient (Wildman–Crippen LogP) is 2.53. The van der Waals surface area contributed by atoms with Crippen LogP contribution < -0.4 is 0 Å². The van der Waals surface area contributed by atoms with Crippen LogP contribution in [0.1, 0.15) is 30.3 Å². The molecule has 0 aliphatic heterocycles. The van der Waals surface area contributed by atoms with Crippen molar-refractivity contribution >= 4 is 22.3 Å².